The lowest BCUT2D eigenvalue weighted by Crippen LogP contribution is -2.55. The van der Waals surface area contributed by atoms with E-state index in [0.717, 1.165) is 25.1 Å². The van der Waals surface area contributed by atoms with Gasteiger partial charge in [-0.1, -0.05) is 30.3 Å². The third kappa shape index (κ3) is 4.57. The van der Waals surface area contributed by atoms with E-state index < -0.39 is 17.5 Å². The molecule has 2 aromatic rings. The van der Waals surface area contributed by atoms with Gasteiger partial charge in [0, 0.05) is 32.4 Å². The molecule has 1 aliphatic rings. The van der Waals surface area contributed by atoms with Crippen LogP contribution in [-0.4, -0.2) is 49.8 Å². The van der Waals surface area contributed by atoms with Gasteiger partial charge in [-0.15, -0.1) is 0 Å². The molecule has 0 radical (unpaired) electrons. The summed E-state index contributed by atoms with van der Waals surface area (Å²) >= 11 is 0. The van der Waals surface area contributed by atoms with Gasteiger partial charge in [0.05, 0.1) is 18.1 Å². The number of aliphatic hydroxyl groups is 1. The number of aryl methyl sites for hydroxylation is 2. The minimum Gasteiger partial charge on any atom is -0.481 e. The van der Waals surface area contributed by atoms with E-state index in [0.29, 0.717) is 32.5 Å². The number of nitrogens with zero attached hydrogens (tertiary/aromatic N) is 3. The molecule has 1 saturated heterocycles. The zero-order valence-corrected chi connectivity index (χ0v) is 15.9. The molecule has 2 atom stereocenters. The smallest absolute Gasteiger partial charge is 0.313 e. The zero-order valence-electron chi connectivity index (χ0n) is 15.9. The Balaban J connectivity index is 1.66. The molecule has 2 N–H and O–H groups in total. The third-order valence-corrected chi connectivity index (χ3v) is 5.66. The molecule has 6 nitrogen and oxygen atoms in total. The Kier molecular flexibility index (Phi) is 6.29. The molecule has 2 heterocycles. The molecule has 3 rings (SSSR count). The lowest BCUT2D eigenvalue weighted by molar-refractivity contribution is -0.164. The van der Waals surface area contributed by atoms with Gasteiger partial charge in [0.25, 0.3) is 0 Å². The van der Waals surface area contributed by atoms with Crippen LogP contribution in [0.2, 0.25) is 0 Å². The summed E-state index contributed by atoms with van der Waals surface area (Å²) in [5.74, 6) is -0.896. The summed E-state index contributed by atoms with van der Waals surface area (Å²) in [5, 5.41) is 20.6. The topological polar surface area (TPSA) is 78.6 Å². The third-order valence-electron chi connectivity index (χ3n) is 5.66. The van der Waals surface area contributed by atoms with Gasteiger partial charge in [-0.05, 0) is 38.2 Å². The lowest BCUT2D eigenvalue weighted by Gasteiger charge is -2.43. The summed E-state index contributed by atoms with van der Waals surface area (Å²) < 4.78 is 2.01. The quantitative estimate of drug-likeness (QED) is 0.746. The number of carbonyl (C=O) groups is 1. The first-order chi connectivity index (χ1) is 13.0. The van der Waals surface area contributed by atoms with Crippen LogP contribution in [0.5, 0.6) is 0 Å². The monoisotopic (exact) mass is 371 g/mol. The highest BCUT2D eigenvalue weighted by molar-refractivity contribution is 5.76. The zero-order chi connectivity index (χ0) is 19.3. The molecule has 0 saturated carbocycles. The molecule has 0 amide bonds. The van der Waals surface area contributed by atoms with Gasteiger partial charge in [0.2, 0.25) is 0 Å². The number of aromatic nitrogens is 2. The van der Waals surface area contributed by atoms with E-state index in [1.54, 1.807) is 6.33 Å². The summed E-state index contributed by atoms with van der Waals surface area (Å²) in [6.45, 7) is 4.59. The van der Waals surface area contributed by atoms with E-state index in [1.165, 1.54) is 5.56 Å². The molecular weight excluding hydrogens is 342 g/mol. The number of aliphatic carboxylic acids is 1. The molecule has 0 unspecified atom stereocenters. The maximum Gasteiger partial charge on any atom is 0.313 e. The van der Waals surface area contributed by atoms with Gasteiger partial charge < -0.3 is 14.8 Å². The fraction of sp³-hybridized carbons (Fsp3) is 0.524. The minimum atomic E-state index is -1.11. The van der Waals surface area contributed by atoms with Crippen molar-refractivity contribution in [2.75, 3.05) is 13.1 Å². The Morgan fingerprint density at radius 3 is 2.78 bits per heavy atom. The van der Waals surface area contributed by atoms with Crippen molar-refractivity contribution in [3.8, 4) is 0 Å². The number of hydrogen-bond acceptors (Lipinski definition) is 4. The van der Waals surface area contributed by atoms with Crippen LogP contribution in [-0.2, 0) is 24.3 Å². The van der Waals surface area contributed by atoms with Crippen LogP contribution in [0.15, 0.2) is 42.9 Å². The molecule has 6 heteroatoms. The van der Waals surface area contributed by atoms with E-state index >= 15 is 0 Å². The van der Waals surface area contributed by atoms with Crippen molar-refractivity contribution in [1.29, 1.82) is 0 Å². The van der Waals surface area contributed by atoms with Crippen LogP contribution in [0.1, 0.15) is 37.4 Å². The molecule has 146 valence electrons. The Morgan fingerprint density at radius 1 is 1.33 bits per heavy atom. The molecule has 0 aliphatic carbocycles. The normalized spacial score (nSPS) is 23.4. The number of carboxylic acids is 1. The van der Waals surface area contributed by atoms with Crippen molar-refractivity contribution >= 4 is 5.97 Å². The molecule has 1 aromatic carbocycles. The van der Waals surface area contributed by atoms with Crippen molar-refractivity contribution in [2.24, 2.45) is 5.41 Å². The summed E-state index contributed by atoms with van der Waals surface area (Å²) in [6.07, 6.45) is 5.51. The van der Waals surface area contributed by atoms with Crippen LogP contribution in [0.4, 0.5) is 0 Å². The van der Waals surface area contributed by atoms with Gasteiger partial charge in [-0.3, -0.25) is 9.69 Å². The Bertz CT molecular complexity index is 746. The Labute approximate surface area is 160 Å². The van der Waals surface area contributed by atoms with Crippen molar-refractivity contribution < 1.29 is 15.0 Å². The first kappa shape index (κ1) is 19.6. The fourth-order valence-corrected chi connectivity index (χ4v) is 4.01. The molecule has 1 aliphatic heterocycles. The molecule has 27 heavy (non-hydrogen) atoms. The molecule has 0 spiro atoms. The minimum absolute atomic E-state index is 0.358. The second-order valence-electron chi connectivity index (χ2n) is 7.51. The van der Waals surface area contributed by atoms with E-state index in [2.05, 4.69) is 28.9 Å². The highest BCUT2D eigenvalue weighted by Gasteiger charge is 2.48. The van der Waals surface area contributed by atoms with E-state index in [4.69, 9.17) is 0 Å². The number of aliphatic hydroxyl groups excluding tert-OH is 1. The average Bonchev–Trinajstić information content (AvgIpc) is 3.12. The van der Waals surface area contributed by atoms with Crippen molar-refractivity contribution in [3.63, 3.8) is 0 Å². The van der Waals surface area contributed by atoms with Crippen LogP contribution in [0.3, 0.4) is 0 Å². The van der Waals surface area contributed by atoms with Gasteiger partial charge in [0.15, 0.2) is 0 Å². The SMILES string of the molecule is CCn1cnc(CN2CC[C@H](O)[C@](CCCc3ccccc3)(C(=O)O)C2)c1. The average molecular weight is 371 g/mol. The first-order valence-corrected chi connectivity index (χ1v) is 9.72. The number of rotatable bonds is 8. The van der Waals surface area contributed by atoms with Gasteiger partial charge >= 0.3 is 5.97 Å². The highest BCUT2D eigenvalue weighted by Crippen LogP contribution is 2.36. The molecular formula is C21H29N3O3. The standard InChI is InChI=1S/C21H29N3O3/c1-2-23-13-18(22-16-23)14-24-12-10-19(25)21(15-24,20(26)27)11-6-9-17-7-4-3-5-8-17/h3-5,7-8,13,16,19,25H,2,6,9-12,14-15H2,1H3,(H,26,27)/t19-,21+/m0/s1. The number of benzene rings is 1. The van der Waals surface area contributed by atoms with Crippen LogP contribution in [0.25, 0.3) is 0 Å². The van der Waals surface area contributed by atoms with Gasteiger partial charge in [-0.25, -0.2) is 4.98 Å². The molecule has 1 aromatic heterocycles. The number of carboxylic acid groups (broad SMARTS) is 1. The second-order valence-corrected chi connectivity index (χ2v) is 7.51. The van der Waals surface area contributed by atoms with Crippen molar-refractivity contribution in [2.45, 2.75) is 51.8 Å². The number of hydrogen-bond donors (Lipinski definition) is 2. The summed E-state index contributed by atoms with van der Waals surface area (Å²) in [4.78, 5) is 18.7. The lowest BCUT2D eigenvalue weighted by atomic mass is 9.73. The molecule has 0 bridgehead atoms. The Hall–Kier alpha value is -2.18. The van der Waals surface area contributed by atoms with Gasteiger partial charge in [0.1, 0.15) is 5.41 Å². The largest absolute Gasteiger partial charge is 0.481 e. The Morgan fingerprint density at radius 2 is 2.11 bits per heavy atom. The predicted octanol–water partition coefficient (Wildman–Crippen LogP) is 2.56. The van der Waals surface area contributed by atoms with Gasteiger partial charge in [-0.2, -0.15) is 0 Å². The predicted molar refractivity (Wildman–Crippen MR) is 103 cm³/mol. The van der Waals surface area contributed by atoms with Crippen molar-refractivity contribution in [1.82, 2.24) is 14.5 Å². The van der Waals surface area contributed by atoms with Crippen LogP contribution >= 0.6 is 0 Å². The maximum atomic E-state index is 12.2. The van der Waals surface area contributed by atoms with Crippen LogP contribution in [0, 0.1) is 5.41 Å². The molecule has 1 fully saturated rings. The second kappa shape index (κ2) is 8.67. The first-order valence-electron chi connectivity index (χ1n) is 9.72. The summed E-state index contributed by atoms with van der Waals surface area (Å²) in [6, 6.07) is 10.1. The fourth-order valence-electron chi connectivity index (χ4n) is 4.01. The van der Waals surface area contributed by atoms with E-state index in [9.17, 15) is 15.0 Å². The van der Waals surface area contributed by atoms with E-state index in [-0.39, 0.29) is 0 Å². The number of piperidine rings is 1. The maximum absolute atomic E-state index is 12.2. The summed E-state index contributed by atoms with van der Waals surface area (Å²) in [5.41, 5.74) is 1.03. The van der Waals surface area contributed by atoms with Crippen molar-refractivity contribution in [3.05, 3.63) is 54.1 Å². The number of likely N-dealkylation sites (tertiary alicyclic amines) is 1. The summed E-state index contributed by atoms with van der Waals surface area (Å²) in [7, 11) is 0. The van der Waals surface area contributed by atoms with E-state index in [1.807, 2.05) is 29.0 Å². The highest BCUT2D eigenvalue weighted by atomic mass is 16.4. The number of imidazole rings is 1. The van der Waals surface area contributed by atoms with Crippen LogP contribution < -0.4 is 0 Å².